The van der Waals surface area contributed by atoms with E-state index >= 15 is 0 Å². The van der Waals surface area contributed by atoms with Crippen LogP contribution in [-0.2, 0) is 27.8 Å². The number of carbonyl (C=O) groups is 1. The third kappa shape index (κ3) is 7.37. The van der Waals surface area contributed by atoms with Crippen LogP contribution in [0.3, 0.4) is 0 Å². The molecule has 0 fully saturated rings. The minimum Gasteiger partial charge on any atom is -0.489 e. The maximum atomic E-state index is 12.3. The van der Waals surface area contributed by atoms with E-state index in [-0.39, 0.29) is 28.8 Å². The summed E-state index contributed by atoms with van der Waals surface area (Å²) in [6.45, 7) is 0.962. The van der Waals surface area contributed by atoms with Gasteiger partial charge in [0.05, 0.1) is 5.02 Å². The van der Waals surface area contributed by atoms with Crippen LogP contribution < -0.4 is 14.8 Å². The summed E-state index contributed by atoms with van der Waals surface area (Å²) < 4.78 is 32.7. The van der Waals surface area contributed by atoms with Crippen molar-refractivity contribution in [2.75, 3.05) is 13.1 Å². The van der Waals surface area contributed by atoms with E-state index in [0.717, 1.165) is 16.9 Å². The van der Waals surface area contributed by atoms with Gasteiger partial charge in [-0.2, -0.15) is 0 Å². The fourth-order valence-electron chi connectivity index (χ4n) is 2.97. The van der Waals surface area contributed by atoms with Crippen molar-refractivity contribution in [1.82, 2.24) is 10.0 Å². The van der Waals surface area contributed by atoms with Gasteiger partial charge in [-0.15, -0.1) is 0 Å². The first-order valence-corrected chi connectivity index (χ1v) is 12.1. The number of hydrogen-bond donors (Lipinski definition) is 2. The molecular formula is C24H25ClN2O4S. The number of amides is 1. The molecule has 1 amide bonds. The SMILES string of the molecule is O=C(CCNS(=O)(=O)c1ccccc1Cl)NCCc1ccc(OCc2ccccc2)cc1. The smallest absolute Gasteiger partial charge is 0.242 e. The van der Waals surface area contributed by atoms with E-state index in [1.807, 2.05) is 54.6 Å². The molecule has 0 aliphatic heterocycles. The van der Waals surface area contributed by atoms with Crippen molar-refractivity contribution in [2.45, 2.75) is 24.3 Å². The quantitative estimate of drug-likeness (QED) is 0.442. The predicted octanol–water partition coefficient (Wildman–Crippen LogP) is 3.95. The normalized spacial score (nSPS) is 11.2. The summed E-state index contributed by atoms with van der Waals surface area (Å²) in [6.07, 6.45) is 0.700. The van der Waals surface area contributed by atoms with E-state index in [9.17, 15) is 13.2 Å². The van der Waals surface area contributed by atoms with Gasteiger partial charge in [-0.3, -0.25) is 4.79 Å². The summed E-state index contributed by atoms with van der Waals surface area (Å²) >= 11 is 5.93. The molecule has 0 heterocycles. The Bertz CT molecular complexity index is 1120. The zero-order valence-corrected chi connectivity index (χ0v) is 19.0. The van der Waals surface area contributed by atoms with E-state index in [1.54, 1.807) is 12.1 Å². The lowest BCUT2D eigenvalue weighted by molar-refractivity contribution is -0.120. The van der Waals surface area contributed by atoms with Crippen LogP contribution in [0.25, 0.3) is 0 Å². The molecule has 0 aliphatic carbocycles. The summed E-state index contributed by atoms with van der Waals surface area (Å²) in [5.74, 6) is 0.558. The Labute approximate surface area is 193 Å². The van der Waals surface area contributed by atoms with Crippen molar-refractivity contribution in [3.63, 3.8) is 0 Å². The van der Waals surface area contributed by atoms with Crippen LogP contribution in [0, 0.1) is 0 Å². The number of hydrogen-bond acceptors (Lipinski definition) is 4. The molecule has 0 aromatic heterocycles. The molecule has 2 N–H and O–H groups in total. The fraction of sp³-hybridized carbons (Fsp3) is 0.208. The lowest BCUT2D eigenvalue weighted by Crippen LogP contribution is -2.31. The van der Waals surface area contributed by atoms with Gasteiger partial charge in [0.15, 0.2) is 0 Å². The summed E-state index contributed by atoms with van der Waals surface area (Å²) in [7, 11) is -3.75. The van der Waals surface area contributed by atoms with Crippen LogP contribution in [0.15, 0.2) is 83.8 Å². The molecule has 0 unspecified atom stereocenters. The molecule has 0 spiro atoms. The second-order valence-corrected chi connectivity index (χ2v) is 9.24. The lowest BCUT2D eigenvalue weighted by atomic mass is 10.1. The van der Waals surface area contributed by atoms with E-state index in [4.69, 9.17) is 16.3 Å². The van der Waals surface area contributed by atoms with Gasteiger partial charge >= 0.3 is 0 Å². The predicted molar refractivity (Wildman–Crippen MR) is 125 cm³/mol. The second kappa shape index (κ2) is 11.7. The number of nitrogens with one attached hydrogen (secondary N) is 2. The molecular weight excluding hydrogens is 448 g/mol. The van der Waals surface area contributed by atoms with Gasteiger partial charge in [0, 0.05) is 19.5 Å². The molecule has 3 aromatic carbocycles. The van der Waals surface area contributed by atoms with E-state index in [2.05, 4.69) is 10.0 Å². The van der Waals surface area contributed by atoms with Gasteiger partial charge in [-0.1, -0.05) is 66.2 Å². The van der Waals surface area contributed by atoms with Gasteiger partial charge in [0.25, 0.3) is 0 Å². The van der Waals surface area contributed by atoms with E-state index in [1.165, 1.54) is 12.1 Å². The highest BCUT2D eigenvalue weighted by Gasteiger charge is 2.17. The van der Waals surface area contributed by atoms with Crippen molar-refractivity contribution >= 4 is 27.5 Å². The van der Waals surface area contributed by atoms with Crippen LogP contribution in [0.5, 0.6) is 5.75 Å². The molecule has 0 radical (unpaired) electrons. The van der Waals surface area contributed by atoms with Crippen LogP contribution in [0.4, 0.5) is 0 Å². The average Bonchev–Trinajstić information content (AvgIpc) is 2.79. The summed E-state index contributed by atoms with van der Waals surface area (Å²) in [5, 5.41) is 2.94. The lowest BCUT2D eigenvalue weighted by Gasteiger charge is -2.09. The fourth-order valence-corrected chi connectivity index (χ4v) is 4.52. The van der Waals surface area contributed by atoms with Crippen molar-refractivity contribution < 1.29 is 17.9 Å². The molecule has 8 heteroatoms. The highest BCUT2D eigenvalue weighted by Crippen LogP contribution is 2.20. The molecule has 0 aliphatic rings. The molecule has 3 rings (SSSR count). The third-order valence-corrected chi connectivity index (χ3v) is 6.64. The molecule has 3 aromatic rings. The molecule has 168 valence electrons. The molecule has 6 nitrogen and oxygen atoms in total. The minimum absolute atomic E-state index is 0.00160. The topological polar surface area (TPSA) is 84.5 Å². The molecule has 0 saturated heterocycles. The first kappa shape index (κ1) is 23.8. The largest absolute Gasteiger partial charge is 0.489 e. The van der Waals surface area contributed by atoms with Crippen LogP contribution in [0.2, 0.25) is 5.02 Å². The molecule has 0 atom stereocenters. The first-order valence-electron chi connectivity index (χ1n) is 10.2. The average molecular weight is 473 g/mol. The van der Waals surface area contributed by atoms with E-state index in [0.29, 0.717) is 19.6 Å². The van der Waals surface area contributed by atoms with Gasteiger partial charge < -0.3 is 10.1 Å². The Morgan fingerprint density at radius 3 is 2.25 bits per heavy atom. The molecule has 0 saturated carbocycles. The highest BCUT2D eigenvalue weighted by atomic mass is 35.5. The zero-order chi connectivity index (χ0) is 22.8. The Balaban J connectivity index is 1.35. The van der Waals surface area contributed by atoms with Crippen molar-refractivity contribution in [3.05, 3.63) is 95.0 Å². The minimum atomic E-state index is -3.75. The number of ether oxygens (including phenoxy) is 1. The maximum Gasteiger partial charge on any atom is 0.242 e. The highest BCUT2D eigenvalue weighted by molar-refractivity contribution is 7.89. The number of carbonyl (C=O) groups excluding carboxylic acids is 1. The van der Waals surface area contributed by atoms with Crippen LogP contribution in [0.1, 0.15) is 17.5 Å². The standard InChI is InChI=1S/C24H25ClN2O4S/c25-22-8-4-5-9-23(22)32(29,30)27-17-15-24(28)26-16-14-19-10-12-21(13-11-19)31-18-20-6-2-1-3-7-20/h1-13,27H,14-18H2,(H,26,28). The summed E-state index contributed by atoms with van der Waals surface area (Å²) in [5.41, 5.74) is 2.17. The van der Waals surface area contributed by atoms with E-state index < -0.39 is 10.0 Å². The monoisotopic (exact) mass is 472 g/mol. The Morgan fingerprint density at radius 2 is 1.53 bits per heavy atom. The number of benzene rings is 3. The summed E-state index contributed by atoms with van der Waals surface area (Å²) in [6, 6.07) is 23.9. The van der Waals surface area contributed by atoms with Crippen LogP contribution >= 0.6 is 11.6 Å². The van der Waals surface area contributed by atoms with Gasteiger partial charge in [0.1, 0.15) is 17.3 Å². The van der Waals surface area contributed by atoms with Gasteiger partial charge in [0.2, 0.25) is 15.9 Å². The van der Waals surface area contributed by atoms with Gasteiger partial charge in [-0.05, 0) is 41.8 Å². The van der Waals surface area contributed by atoms with Crippen LogP contribution in [-0.4, -0.2) is 27.4 Å². The summed E-state index contributed by atoms with van der Waals surface area (Å²) in [4.78, 5) is 12.0. The first-order chi connectivity index (χ1) is 15.4. The van der Waals surface area contributed by atoms with Crippen molar-refractivity contribution in [1.29, 1.82) is 0 Å². The number of sulfonamides is 1. The Kier molecular flexibility index (Phi) is 8.67. The number of halogens is 1. The Hall–Kier alpha value is -2.87. The van der Waals surface area contributed by atoms with Crippen molar-refractivity contribution in [3.8, 4) is 5.75 Å². The van der Waals surface area contributed by atoms with Gasteiger partial charge in [-0.25, -0.2) is 13.1 Å². The molecule has 0 bridgehead atoms. The number of rotatable bonds is 11. The zero-order valence-electron chi connectivity index (χ0n) is 17.5. The third-order valence-electron chi connectivity index (χ3n) is 4.68. The van der Waals surface area contributed by atoms with Crippen molar-refractivity contribution in [2.24, 2.45) is 0 Å². The molecule has 32 heavy (non-hydrogen) atoms. The second-order valence-electron chi connectivity index (χ2n) is 7.10. The maximum absolute atomic E-state index is 12.3. The Morgan fingerprint density at radius 1 is 0.844 bits per heavy atom.